The Morgan fingerprint density at radius 2 is 1.96 bits per heavy atom. The minimum Gasteiger partial charge on any atom is -0.394 e. The summed E-state index contributed by atoms with van der Waals surface area (Å²) in [5.41, 5.74) is 15.4. The summed E-state index contributed by atoms with van der Waals surface area (Å²) in [7, 11) is 0. The molecular formula is C16H18N6S. The van der Waals surface area contributed by atoms with Gasteiger partial charge in [-0.05, 0) is 23.9 Å². The summed E-state index contributed by atoms with van der Waals surface area (Å²) < 4.78 is 0. The van der Waals surface area contributed by atoms with E-state index in [1.165, 1.54) is 10.6 Å². The molecule has 1 aromatic carbocycles. The largest absolute Gasteiger partial charge is 0.394 e. The quantitative estimate of drug-likeness (QED) is 0.502. The van der Waals surface area contributed by atoms with Crippen molar-refractivity contribution in [1.82, 2.24) is 9.97 Å². The van der Waals surface area contributed by atoms with Crippen LogP contribution < -0.4 is 22.3 Å². The maximum absolute atomic E-state index is 6.23. The van der Waals surface area contributed by atoms with Crippen LogP contribution in [0.1, 0.15) is 11.1 Å². The van der Waals surface area contributed by atoms with Gasteiger partial charge in [-0.1, -0.05) is 35.9 Å². The molecule has 0 unspecified atom stereocenters. The average Bonchev–Trinajstić information content (AvgIpc) is 3.03. The van der Waals surface area contributed by atoms with Crippen LogP contribution in [0.15, 0.2) is 41.8 Å². The fourth-order valence-electron chi connectivity index (χ4n) is 2.38. The average molecular weight is 326 g/mol. The third-order valence-electron chi connectivity index (χ3n) is 3.40. The Morgan fingerprint density at radius 1 is 1.13 bits per heavy atom. The molecule has 0 aliphatic heterocycles. The number of nitrogens with two attached hydrogens (primary N) is 3. The number of hydrazine groups is 1. The first kappa shape index (κ1) is 15.3. The van der Waals surface area contributed by atoms with E-state index in [9.17, 15) is 0 Å². The molecule has 2 aromatic heterocycles. The third kappa shape index (κ3) is 3.25. The van der Waals surface area contributed by atoms with Crippen LogP contribution in [0.25, 0.3) is 10.6 Å². The van der Waals surface area contributed by atoms with Gasteiger partial charge >= 0.3 is 0 Å². The van der Waals surface area contributed by atoms with Crippen LogP contribution in [0.3, 0.4) is 0 Å². The number of aryl methyl sites for hydroxylation is 1. The van der Waals surface area contributed by atoms with Gasteiger partial charge in [-0.15, -0.1) is 11.3 Å². The lowest BCUT2D eigenvalue weighted by molar-refractivity contribution is 0.832. The van der Waals surface area contributed by atoms with Crippen LogP contribution in [0, 0.1) is 6.92 Å². The Kier molecular flexibility index (Phi) is 4.14. The summed E-state index contributed by atoms with van der Waals surface area (Å²) in [6.45, 7) is 2.52. The van der Waals surface area contributed by atoms with Gasteiger partial charge in [0, 0.05) is 0 Å². The fraction of sp³-hybridized carbons (Fsp3) is 0.125. The van der Waals surface area contributed by atoms with Crippen molar-refractivity contribution in [3.8, 4) is 10.6 Å². The molecule has 0 saturated heterocycles. The highest BCUT2D eigenvalue weighted by Crippen LogP contribution is 2.33. The van der Waals surface area contributed by atoms with Crippen molar-refractivity contribution in [2.75, 3.05) is 16.5 Å². The predicted octanol–water partition coefficient (Wildman–Crippen LogP) is 2.56. The molecule has 3 rings (SSSR count). The monoisotopic (exact) mass is 326 g/mol. The summed E-state index contributed by atoms with van der Waals surface area (Å²) >= 11 is 1.54. The third-order valence-corrected chi connectivity index (χ3v) is 4.28. The van der Waals surface area contributed by atoms with Crippen molar-refractivity contribution >= 4 is 28.8 Å². The molecule has 3 aromatic rings. The highest BCUT2D eigenvalue weighted by atomic mass is 32.1. The van der Waals surface area contributed by atoms with Crippen molar-refractivity contribution < 1.29 is 0 Å². The van der Waals surface area contributed by atoms with Gasteiger partial charge in [0.25, 0.3) is 0 Å². The topological polar surface area (TPSA) is 107 Å². The minimum atomic E-state index is 0.150. The normalized spacial score (nSPS) is 10.7. The van der Waals surface area contributed by atoms with E-state index < -0.39 is 0 Å². The molecule has 0 aliphatic carbocycles. The Labute approximate surface area is 138 Å². The summed E-state index contributed by atoms with van der Waals surface area (Å²) in [6.07, 6.45) is 0. The van der Waals surface area contributed by atoms with E-state index in [0.717, 1.165) is 10.4 Å². The number of nitrogens with zero attached hydrogens (tertiary/aromatic N) is 3. The second-order valence-corrected chi connectivity index (χ2v) is 6.21. The summed E-state index contributed by atoms with van der Waals surface area (Å²) in [6, 6.07) is 12.0. The number of aromatic nitrogens is 2. The first-order valence-electron chi connectivity index (χ1n) is 7.09. The van der Waals surface area contributed by atoms with Gasteiger partial charge in [-0.25, -0.2) is 10.8 Å². The number of hydrogen-bond donors (Lipinski definition) is 3. The van der Waals surface area contributed by atoms with E-state index in [2.05, 4.69) is 16.0 Å². The van der Waals surface area contributed by atoms with Crippen LogP contribution in [0.4, 0.5) is 17.5 Å². The molecule has 0 radical (unpaired) electrons. The van der Waals surface area contributed by atoms with Crippen molar-refractivity contribution in [2.24, 2.45) is 5.84 Å². The van der Waals surface area contributed by atoms with E-state index in [1.54, 1.807) is 11.3 Å². The lowest BCUT2D eigenvalue weighted by Crippen LogP contribution is -2.32. The molecule has 0 amide bonds. The number of anilines is 3. The number of benzene rings is 1. The molecule has 6 N–H and O–H groups in total. The van der Waals surface area contributed by atoms with Gasteiger partial charge in [-0.3, -0.25) is 5.01 Å². The van der Waals surface area contributed by atoms with E-state index in [4.69, 9.17) is 17.3 Å². The second kappa shape index (κ2) is 6.23. The Morgan fingerprint density at radius 3 is 2.65 bits per heavy atom. The lowest BCUT2D eigenvalue weighted by Gasteiger charge is -2.21. The number of thiophene rings is 1. The molecule has 0 aliphatic rings. The molecule has 23 heavy (non-hydrogen) atoms. The molecular weight excluding hydrogens is 308 g/mol. The standard InChI is InChI=1S/C16H18N6S/c1-10-4-2-5-11(8-10)9-22(19)15-13(17)14(20-16(18)21-15)12-6-3-7-23-12/h2-8H,9,17,19H2,1H3,(H2,18,20,21). The van der Waals surface area contributed by atoms with Crippen LogP contribution >= 0.6 is 11.3 Å². The van der Waals surface area contributed by atoms with Gasteiger partial charge in [0.05, 0.1) is 11.4 Å². The molecule has 0 atom stereocenters. The second-order valence-electron chi connectivity index (χ2n) is 5.26. The van der Waals surface area contributed by atoms with Crippen molar-refractivity contribution in [3.05, 3.63) is 52.9 Å². The summed E-state index contributed by atoms with van der Waals surface area (Å²) in [5, 5.41) is 3.46. The van der Waals surface area contributed by atoms with Crippen LogP contribution in [-0.4, -0.2) is 9.97 Å². The SMILES string of the molecule is Cc1cccc(CN(N)c2nc(N)nc(-c3cccs3)c2N)c1. The highest BCUT2D eigenvalue weighted by molar-refractivity contribution is 7.13. The minimum absolute atomic E-state index is 0.150. The van der Waals surface area contributed by atoms with E-state index in [-0.39, 0.29) is 5.95 Å². The van der Waals surface area contributed by atoms with E-state index >= 15 is 0 Å². The zero-order valence-corrected chi connectivity index (χ0v) is 13.5. The zero-order valence-electron chi connectivity index (χ0n) is 12.7. The first-order valence-corrected chi connectivity index (χ1v) is 7.97. The summed E-state index contributed by atoms with van der Waals surface area (Å²) in [4.78, 5) is 9.39. The molecule has 0 spiro atoms. The van der Waals surface area contributed by atoms with Crippen molar-refractivity contribution in [3.63, 3.8) is 0 Å². The van der Waals surface area contributed by atoms with E-state index in [0.29, 0.717) is 23.7 Å². The number of rotatable bonds is 4. The van der Waals surface area contributed by atoms with E-state index in [1.807, 2.05) is 42.6 Å². The Hall–Kier alpha value is -2.64. The number of nitrogen functional groups attached to an aromatic ring is 2. The van der Waals surface area contributed by atoms with Gasteiger partial charge in [0.2, 0.25) is 5.95 Å². The molecule has 7 heteroatoms. The Balaban J connectivity index is 1.96. The Bertz CT molecular complexity index is 815. The molecule has 0 fully saturated rings. The molecule has 0 bridgehead atoms. The highest BCUT2D eigenvalue weighted by Gasteiger charge is 2.17. The maximum atomic E-state index is 6.23. The van der Waals surface area contributed by atoms with Crippen molar-refractivity contribution in [1.29, 1.82) is 0 Å². The first-order chi connectivity index (χ1) is 11.0. The smallest absolute Gasteiger partial charge is 0.222 e. The molecule has 0 saturated carbocycles. The molecule has 6 nitrogen and oxygen atoms in total. The lowest BCUT2D eigenvalue weighted by atomic mass is 10.1. The maximum Gasteiger partial charge on any atom is 0.222 e. The van der Waals surface area contributed by atoms with Crippen molar-refractivity contribution in [2.45, 2.75) is 13.5 Å². The predicted molar refractivity (Wildman–Crippen MR) is 95.7 cm³/mol. The van der Waals surface area contributed by atoms with Crippen LogP contribution in [-0.2, 0) is 6.54 Å². The van der Waals surface area contributed by atoms with Gasteiger partial charge < -0.3 is 11.5 Å². The van der Waals surface area contributed by atoms with Crippen LogP contribution in [0.2, 0.25) is 0 Å². The number of hydrogen-bond acceptors (Lipinski definition) is 7. The van der Waals surface area contributed by atoms with Crippen LogP contribution in [0.5, 0.6) is 0 Å². The summed E-state index contributed by atoms with van der Waals surface area (Å²) in [5.74, 6) is 6.76. The zero-order chi connectivity index (χ0) is 16.4. The fourth-order valence-corrected chi connectivity index (χ4v) is 3.10. The van der Waals surface area contributed by atoms with Gasteiger partial charge in [-0.2, -0.15) is 4.98 Å². The molecule has 118 valence electrons. The molecule has 2 heterocycles. The van der Waals surface area contributed by atoms with Gasteiger partial charge in [0.15, 0.2) is 5.82 Å². The van der Waals surface area contributed by atoms with Gasteiger partial charge in [0.1, 0.15) is 11.4 Å².